The summed E-state index contributed by atoms with van der Waals surface area (Å²) in [7, 11) is 0. The first-order valence-electron chi connectivity index (χ1n) is 11.1. The van der Waals surface area contributed by atoms with Crippen LogP contribution in [0.4, 0.5) is 0 Å². The first-order chi connectivity index (χ1) is 12.8. The van der Waals surface area contributed by atoms with Crippen LogP contribution in [0.5, 0.6) is 0 Å². The number of esters is 1. The van der Waals surface area contributed by atoms with Gasteiger partial charge in [0.25, 0.3) is 0 Å². The molecule has 0 unspecified atom stereocenters. The van der Waals surface area contributed by atoms with Crippen LogP contribution in [-0.2, 0) is 4.74 Å². The summed E-state index contributed by atoms with van der Waals surface area (Å²) in [5.41, 5.74) is 0.647. The molecule has 0 saturated heterocycles. The topological polar surface area (TPSA) is 26.3 Å². The number of carbonyl (C=O) groups excluding carboxylic acids is 1. The third kappa shape index (κ3) is 13.0. The molecule has 0 radical (unpaired) electrons. The summed E-state index contributed by atoms with van der Waals surface area (Å²) in [6, 6.07) is 9.24. The zero-order valence-electron chi connectivity index (χ0n) is 17.0. The number of hydrogen-bond donors (Lipinski definition) is 0. The molecule has 0 bridgehead atoms. The van der Waals surface area contributed by atoms with Gasteiger partial charge >= 0.3 is 5.97 Å². The third-order valence-electron chi connectivity index (χ3n) is 4.99. The van der Waals surface area contributed by atoms with Gasteiger partial charge in [-0.05, 0) is 18.6 Å². The van der Waals surface area contributed by atoms with Crippen molar-refractivity contribution in [2.75, 3.05) is 6.61 Å². The average molecular weight is 361 g/mol. The van der Waals surface area contributed by atoms with Gasteiger partial charge in [0.15, 0.2) is 0 Å². The maximum absolute atomic E-state index is 11.8. The van der Waals surface area contributed by atoms with Crippen LogP contribution in [0.25, 0.3) is 0 Å². The lowest BCUT2D eigenvalue weighted by molar-refractivity contribution is 0.0497. The molecule has 26 heavy (non-hydrogen) atoms. The molecule has 0 N–H and O–H groups in total. The van der Waals surface area contributed by atoms with E-state index in [4.69, 9.17) is 4.74 Å². The molecule has 2 heteroatoms. The number of benzene rings is 1. The lowest BCUT2D eigenvalue weighted by atomic mass is 10.0. The third-order valence-corrected chi connectivity index (χ3v) is 4.99. The summed E-state index contributed by atoms with van der Waals surface area (Å²) in [5, 5.41) is 0. The van der Waals surface area contributed by atoms with E-state index < -0.39 is 0 Å². The van der Waals surface area contributed by atoms with E-state index in [0.29, 0.717) is 12.2 Å². The zero-order chi connectivity index (χ0) is 18.7. The van der Waals surface area contributed by atoms with Crippen molar-refractivity contribution in [3.05, 3.63) is 35.9 Å². The Morgan fingerprint density at radius 2 is 1.08 bits per heavy atom. The molecule has 148 valence electrons. The van der Waals surface area contributed by atoms with Gasteiger partial charge in [-0.2, -0.15) is 0 Å². The SMILES string of the molecule is CCCCCCCCCCCCCCCCCOC(=O)c1ccccc1. The maximum Gasteiger partial charge on any atom is 0.338 e. The summed E-state index contributed by atoms with van der Waals surface area (Å²) in [4.78, 5) is 11.8. The molecule has 0 atom stereocenters. The fraction of sp³-hybridized carbons (Fsp3) is 0.708. The zero-order valence-corrected chi connectivity index (χ0v) is 17.0. The molecule has 1 rings (SSSR count). The molecule has 2 nitrogen and oxygen atoms in total. The van der Waals surface area contributed by atoms with Crippen LogP contribution in [0.3, 0.4) is 0 Å². The number of ether oxygens (including phenoxy) is 1. The van der Waals surface area contributed by atoms with Crippen LogP contribution >= 0.6 is 0 Å². The lowest BCUT2D eigenvalue weighted by Crippen LogP contribution is -2.06. The quantitative estimate of drug-likeness (QED) is 0.210. The molecule has 0 aromatic heterocycles. The highest BCUT2D eigenvalue weighted by molar-refractivity contribution is 5.89. The largest absolute Gasteiger partial charge is 0.462 e. The van der Waals surface area contributed by atoms with Crippen LogP contribution in [-0.4, -0.2) is 12.6 Å². The molecule has 0 aliphatic rings. The van der Waals surface area contributed by atoms with Gasteiger partial charge in [0.2, 0.25) is 0 Å². The Balaban J connectivity index is 1.76. The molecule has 0 spiro atoms. The first kappa shape index (κ1) is 22.7. The van der Waals surface area contributed by atoms with E-state index in [1.807, 2.05) is 18.2 Å². The van der Waals surface area contributed by atoms with Gasteiger partial charge in [-0.15, -0.1) is 0 Å². The fourth-order valence-corrected chi connectivity index (χ4v) is 3.30. The van der Waals surface area contributed by atoms with Gasteiger partial charge in [0.05, 0.1) is 12.2 Å². The molecule has 1 aromatic rings. The van der Waals surface area contributed by atoms with Crippen LogP contribution in [0, 0.1) is 0 Å². The van der Waals surface area contributed by atoms with E-state index in [-0.39, 0.29) is 5.97 Å². The Morgan fingerprint density at radius 1 is 0.654 bits per heavy atom. The molecule has 0 aliphatic carbocycles. The van der Waals surface area contributed by atoms with Crippen molar-refractivity contribution < 1.29 is 9.53 Å². The minimum Gasteiger partial charge on any atom is -0.462 e. The van der Waals surface area contributed by atoms with Crippen molar-refractivity contribution in [2.45, 2.75) is 103 Å². The molecule has 0 saturated carbocycles. The van der Waals surface area contributed by atoms with Gasteiger partial charge in [0, 0.05) is 0 Å². The molecule has 0 aliphatic heterocycles. The molecule has 0 heterocycles. The average Bonchev–Trinajstić information content (AvgIpc) is 2.68. The van der Waals surface area contributed by atoms with E-state index in [0.717, 1.165) is 6.42 Å². The minimum atomic E-state index is -0.198. The van der Waals surface area contributed by atoms with E-state index in [1.165, 1.54) is 89.9 Å². The summed E-state index contributed by atoms with van der Waals surface area (Å²) in [6.07, 6.45) is 20.2. The Bertz CT molecular complexity index is 427. The summed E-state index contributed by atoms with van der Waals surface area (Å²) in [5.74, 6) is -0.198. The summed E-state index contributed by atoms with van der Waals surface area (Å²) >= 11 is 0. The summed E-state index contributed by atoms with van der Waals surface area (Å²) in [6.45, 7) is 2.83. The van der Waals surface area contributed by atoms with Crippen molar-refractivity contribution in [2.24, 2.45) is 0 Å². The second kappa shape index (κ2) is 17.1. The van der Waals surface area contributed by atoms with Crippen molar-refractivity contribution in [1.82, 2.24) is 0 Å². The van der Waals surface area contributed by atoms with E-state index in [1.54, 1.807) is 12.1 Å². The summed E-state index contributed by atoms with van der Waals surface area (Å²) < 4.78 is 5.30. The molecule has 0 fully saturated rings. The Labute approximate surface area is 161 Å². The standard InChI is InChI=1S/C24H40O2/c1-2-3-4-5-6-7-8-9-10-11-12-13-14-15-19-22-26-24(25)23-20-17-16-18-21-23/h16-18,20-21H,2-15,19,22H2,1H3. The van der Waals surface area contributed by atoms with E-state index >= 15 is 0 Å². The van der Waals surface area contributed by atoms with E-state index in [2.05, 4.69) is 6.92 Å². The second-order valence-electron chi connectivity index (χ2n) is 7.45. The molecule has 1 aromatic carbocycles. The number of unbranched alkanes of at least 4 members (excludes halogenated alkanes) is 14. The highest BCUT2D eigenvalue weighted by Crippen LogP contribution is 2.13. The highest BCUT2D eigenvalue weighted by Gasteiger charge is 2.04. The normalized spacial score (nSPS) is 10.8. The van der Waals surface area contributed by atoms with Crippen molar-refractivity contribution >= 4 is 5.97 Å². The fourth-order valence-electron chi connectivity index (χ4n) is 3.30. The molecular weight excluding hydrogens is 320 g/mol. The smallest absolute Gasteiger partial charge is 0.338 e. The Hall–Kier alpha value is -1.31. The van der Waals surface area contributed by atoms with Gasteiger partial charge < -0.3 is 4.74 Å². The Morgan fingerprint density at radius 3 is 1.54 bits per heavy atom. The van der Waals surface area contributed by atoms with E-state index in [9.17, 15) is 4.79 Å². The number of hydrogen-bond acceptors (Lipinski definition) is 2. The van der Waals surface area contributed by atoms with Gasteiger partial charge in [0.1, 0.15) is 0 Å². The van der Waals surface area contributed by atoms with Crippen LogP contribution < -0.4 is 0 Å². The van der Waals surface area contributed by atoms with Crippen LogP contribution in [0.1, 0.15) is 114 Å². The van der Waals surface area contributed by atoms with Gasteiger partial charge in [-0.3, -0.25) is 0 Å². The van der Waals surface area contributed by atoms with Crippen molar-refractivity contribution in [1.29, 1.82) is 0 Å². The van der Waals surface area contributed by atoms with Crippen molar-refractivity contribution in [3.63, 3.8) is 0 Å². The molecule has 0 amide bonds. The van der Waals surface area contributed by atoms with Crippen LogP contribution in [0.15, 0.2) is 30.3 Å². The first-order valence-corrected chi connectivity index (χ1v) is 11.1. The van der Waals surface area contributed by atoms with Gasteiger partial charge in [-0.25, -0.2) is 4.79 Å². The molecular formula is C24H40O2. The maximum atomic E-state index is 11.8. The predicted octanol–water partition coefficient (Wildman–Crippen LogP) is 7.71. The Kier molecular flexibility index (Phi) is 15.0. The van der Waals surface area contributed by atoms with Crippen LogP contribution in [0.2, 0.25) is 0 Å². The number of rotatable bonds is 17. The minimum absolute atomic E-state index is 0.198. The lowest BCUT2D eigenvalue weighted by Gasteiger charge is -2.05. The van der Waals surface area contributed by atoms with Crippen molar-refractivity contribution in [3.8, 4) is 0 Å². The predicted molar refractivity (Wildman–Crippen MR) is 112 cm³/mol. The van der Waals surface area contributed by atoms with Gasteiger partial charge in [-0.1, -0.05) is 115 Å². The highest BCUT2D eigenvalue weighted by atomic mass is 16.5. The monoisotopic (exact) mass is 360 g/mol. The number of carbonyl (C=O) groups is 1. The second-order valence-corrected chi connectivity index (χ2v) is 7.45.